The Morgan fingerprint density at radius 2 is 1.78 bits per heavy atom. The summed E-state index contributed by atoms with van der Waals surface area (Å²) < 4.78 is 0. The molecule has 0 aliphatic heterocycles. The van der Waals surface area contributed by atoms with Crippen molar-refractivity contribution in [1.29, 1.82) is 0 Å². The Hall–Kier alpha value is -2.69. The summed E-state index contributed by atoms with van der Waals surface area (Å²) in [4.78, 5) is 27.9. The van der Waals surface area contributed by atoms with Crippen LogP contribution in [0, 0.1) is 0 Å². The Balaban J connectivity index is 1.97. The van der Waals surface area contributed by atoms with Gasteiger partial charge in [0.05, 0.1) is 0 Å². The van der Waals surface area contributed by atoms with Crippen LogP contribution in [-0.2, 0) is 16.1 Å². The Kier molecular flexibility index (Phi) is 5.86. The summed E-state index contributed by atoms with van der Waals surface area (Å²) in [5, 5.41) is 5.30. The van der Waals surface area contributed by atoms with E-state index in [2.05, 4.69) is 29.5 Å². The molecule has 2 rings (SSSR count). The highest BCUT2D eigenvalue weighted by Gasteiger charge is 2.16. The van der Waals surface area contributed by atoms with E-state index in [-0.39, 0.29) is 0 Å². The van der Waals surface area contributed by atoms with E-state index in [1.807, 2.05) is 24.3 Å². The van der Waals surface area contributed by atoms with Crippen LogP contribution in [-0.4, -0.2) is 16.8 Å². The Morgan fingerprint density at radius 1 is 1.09 bits per heavy atom. The van der Waals surface area contributed by atoms with Gasteiger partial charge in [0, 0.05) is 24.6 Å². The van der Waals surface area contributed by atoms with Gasteiger partial charge in [-0.3, -0.25) is 14.6 Å². The summed E-state index contributed by atoms with van der Waals surface area (Å²) in [6, 6.07) is 11.1. The third-order valence-corrected chi connectivity index (χ3v) is 3.76. The second-order valence-corrected chi connectivity index (χ2v) is 5.39. The molecule has 2 amide bonds. The van der Waals surface area contributed by atoms with Crippen LogP contribution in [0.15, 0.2) is 48.8 Å². The molecule has 120 valence electrons. The van der Waals surface area contributed by atoms with E-state index in [1.54, 1.807) is 24.5 Å². The maximum atomic E-state index is 12.1. The van der Waals surface area contributed by atoms with Gasteiger partial charge in [-0.15, -0.1) is 0 Å². The van der Waals surface area contributed by atoms with Crippen LogP contribution in [0.3, 0.4) is 0 Å². The first-order valence-corrected chi connectivity index (χ1v) is 7.68. The zero-order valence-corrected chi connectivity index (χ0v) is 13.4. The first kappa shape index (κ1) is 16.7. The number of nitrogens with one attached hydrogen (secondary N) is 2. The lowest BCUT2D eigenvalue weighted by Gasteiger charge is -2.15. The van der Waals surface area contributed by atoms with Crippen molar-refractivity contribution in [2.75, 3.05) is 5.32 Å². The van der Waals surface area contributed by atoms with E-state index >= 15 is 0 Å². The summed E-state index contributed by atoms with van der Waals surface area (Å²) in [5.41, 5.74) is 2.61. The lowest BCUT2D eigenvalue weighted by Crippen LogP contribution is -2.35. The minimum atomic E-state index is -0.658. The van der Waals surface area contributed by atoms with Crippen LogP contribution in [0.5, 0.6) is 0 Å². The van der Waals surface area contributed by atoms with Crippen molar-refractivity contribution >= 4 is 17.5 Å². The molecule has 0 saturated heterocycles. The van der Waals surface area contributed by atoms with Crippen LogP contribution in [0.4, 0.5) is 5.69 Å². The largest absolute Gasteiger partial charge is 0.344 e. The number of carbonyl (C=O) groups is 2. The number of hydrogen-bond donors (Lipinski definition) is 2. The monoisotopic (exact) mass is 311 g/mol. The average Bonchev–Trinajstić information content (AvgIpc) is 2.60. The molecule has 1 aromatic carbocycles. The first-order valence-electron chi connectivity index (χ1n) is 7.68. The number of benzene rings is 1. The smallest absolute Gasteiger partial charge is 0.313 e. The fraction of sp³-hybridized carbons (Fsp3) is 0.278. The highest BCUT2D eigenvalue weighted by atomic mass is 16.2. The minimum absolute atomic E-state index is 0.293. The number of pyridine rings is 1. The molecule has 2 N–H and O–H groups in total. The normalized spacial score (nSPS) is 11.6. The van der Waals surface area contributed by atoms with Gasteiger partial charge in [0.25, 0.3) is 0 Å². The highest BCUT2D eigenvalue weighted by Crippen LogP contribution is 2.26. The van der Waals surface area contributed by atoms with Crippen molar-refractivity contribution in [3.8, 4) is 0 Å². The molecule has 0 fully saturated rings. The van der Waals surface area contributed by atoms with Crippen LogP contribution >= 0.6 is 0 Å². The Bertz CT molecular complexity index is 671. The van der Waals surface area contributed by atoms with Gasteiger partial charge in [-0.1, -0.05) is 32.0 Å². The predicted molar refractivity (Wildman–Crippen MR) is 89.9 cm³/mol. The molecule has 0 spiro atoms. The molecule has 2 aromatic rings. The van der Waals surface area contributed by atoms with Gasteiger partial charge in [0.2, 0.25) is 0 Å². The lowest BCUT2D eigenvalue weighted by molar-refractivity contribution is -0.136. The van der Waals surface area contributed by atoms with Crippen molar-refractivity contribution in [3.63, 3.8) is 0 Å². The summed E-state index contributed by atoms with van der Waals surface area (Å²) >= 11 is 0. The summed E-state index contributed by atoms with van der Waals surface area (Å²) in [6.07, 6.45) is 4.25. The summed E-state index contributed by atoms with van der Waals surface area (Å²) in [6.45, 7) is 4.47. The molecular formula is C18H21N3O2. The van der Waals surface area contributed by atoms with Crippen LogP contribution in [0.25, 0.3) is 0 Å². The van der Waals surface area contributed by atoms with Gasteiger partial charge >= 0.3 is 11.8 Å². The number of carbonyl (C=O) groups excluding carboxylic acids is 2. The molecule has 0 aliphatic carbocycles. The topological polar surface area (TPSA) is 71.1 Å². The van der Waals surface area contributed by atoms with Crippen LogP contribution in [0.2, 0.25) is 0 Å². The zero-order valence-electron chi connectivity index (χ0n) is 13.4. The Labute approximate surface area is 136 Å². The van der Waals surface area contributed by atoms with Gasteiger partial charge < -0.3 is 10.6 Å². The van der Waals surface area contributed by atoms with Gasteiger partial charge in [-0.2, -0.15) is 0 Å². The van der Waals surface area contributed by atoms with Gasteiger partial charge in [-0.05, 0) is 41.7 Å². The van der Waals surface area contributed by atoms with Crippen LogP contribution in [0.1, 0.15) is 37.3 Å². The number of rotatable bonds is 5. The fourth-order valence-corrected chi connectivity index (χ4v) is 2.20. The number of nitrogens with zero attached hydrogens (tertiary/aromatic N) is 1. The predicted octanol–water partition coefficient (Wildman–Crippen LogP) is 2.85. The number of para-hydroxylation sites is 1. The number of hydrogen-bond acceptors (Lipinski definition) is 3. The van der Waals surface area contributed by atoms with Crippen molar-refractivity contribution in [2.45, 2.75) is 32.7 Å². The highest BCUT2D eigenvalue weighted by molar-refractivity contribution is 6.39. The average molecular weight is 311 g/mol. The molecule has 23 heavy (non-hydrogen) atoms. The van der Waals surface area contributed by atoms with Crippen molar-refractivity contribution in [3.05, 3.63) is 59.9 Å². The molecule has 0 saturated carbocycles. The van der Waals surface area contributed by atoms with Gasteiger partial charge in [0.15, 0.2) is 0 Å². The summed E-state index contributed by atoms with van der Waals surface area (Å²) in [7, 11) is 0. The van der Waals surface area contributed by atoms with E-state index in [0.29, 0.717) is 18.2 Å². The van der Waals surface area contributed by atoms with Gasteiger partial charge in [0.1, 0.15) is 0 Å². The van der Waals surface area contributed by atoms with Crippen LogP contribution < -0.4 is 10.6 Å². The maximum Gasteiger partial charge on any atom is 0.313 e. The number of aromatic nitrogens is 1. The molecule has 0 bridgehead atoms. The van der Waals surface area contributed by atoms with Gasteiger partial charge in [-0.25, -0.2) is 0 Å². The molecule has 1 atom stereocenters. The lowest BCUT2D eigenvalue weighted by atomic mass is 9.97. The molecule has 1 unspecified atom stereocenters. The first-order chi connectivity index (χ1) is 11.1. The molecule has 0 aliphatic rings. The summed E-state index contributed by atoms with van der Waals surface area (Å²) in [5.74, 6) is -0.998. The second-order valence-electron chi connectivity index (χ2n) is 5.39. The molecule has 1 aromatic heterocycles. The second kappa shape index (κ2) is 8.08. The minimum Gasteiger partial charge on any atom is -0.344 e. The SMILES string of the molecule is CCC(C)c1ccccc1NC(=O)C(=O)NCc1ccncc1. The van der Waals surface area contributed by atoms with E-state index in [0.717, 1.165) is 17.5 Å². The third-order valence-electron chi connectivity index (χ3n) is 3.76. The van der Waals surface area contributed by atoms with Crippen molar-refractivity contribution < 1.29 is 9.59 Å². The molecule has 0 radical (unpaired) electrons. The quantitative estimate of drug-likeness (QED) is 0.834. The van der Waals surface area contributed by atoms with Crippen molar-refractivity contribution in [2.24, 2.45) is 0 Å². The Morgan fingerprint density at radius 3 is 2.48 bits per heavy atom. The molecule has 1 heterocycles. The van der Waals surface area contributed by atoms with E-state index in [9.17, 15) is 9.59 Å². The fourth-order valence-electron chi connectivity index (χ4n) is 2.20. The third kappa shape index (κ3) is 4.64. The maximum absolute atomic E-state index is 12.1. The molecule has 5 heteroatoms. The molecular weight excluding hydrogens is 290 g/mol. The van der Waals surface area contributed by atoms with Crippen molar-refractivity contribution in [1.82, 2.24) is 10.3 Å². The number of amides is 2. The standard InChI is InChI=1S/C18H21N3O2/c1-3-13(2)15-6-4-5-7-16(15)21-18(23)17(22)20-12-14-8-10-19-11-9-14/h4-11,13H,3,12H2,1-2H3,(H,20,22)(H,21,23). The zero-order chi connectivity index (χ0) is 16.7. The molecule has 5 nitrogen and oxygen atoms in total. The number of anilines is 1. The van der Waals surface area contributed by atoms with E-state index < -0.39 is 11.8 Å². The van der Waals surface area contributed by atoms with E-state index in [1.165, 1.54) is 0 Å². The van der Waals surface area contributed by atoms with E-state index in [4.69, 9.17) is 0 Å².